The highest BCUT2D eigenvalue weighted by Gasteiger charge is 2.14. The van der Waals surface area contributed by atoms with Gasteiger partial charge in [0.25, 0.3) is 0 Å². The first kappa shape index (κ1) is 8.01. The Morgan fingerprint density at radius 2 is 2.25 bits per heavy atom. The Morgan fingerprint density at radius 3 is 2.83 bits per heavy atom. The van der Waals surface area contributed by atoms with Crippen molar-refractivity contribution in [1.82, 2.24) is 4.98 Å². The summed E-state index contributed by atoms with van der Waals surface area (Å²) >= 11 is 1.59. The van der Waals surface area contributed by atoms with Crippen molar-refractivity contribution in [3.8, 4) is 0 Å². The van der Waals surface area contributed by atoms with E-state index in [0.717, 1.165) is 18.1 Å². The molecule has 0 radical (unpaired) electrons. The molecule has 1 aliphatic rings. The van der Waals surface area contributed by atoms with Gasteiger partial charge in [-0.05, 0) is 12.8 Å². The molecular formula is C8H12N2OS. The summed E-state index contributed by atoms with van der Waals surface area (Å²) in [5.41, 5.74) is 0. The summed E-state index contributed by atoms with van der Waals surface area (Å²) < 4.78 is 0. The van der Waals surface area contributed by atoms with Crippen LogP contribution in [0.5, 0.6) is 0 Å². The summed E-state index contributed by atoms with van der Waals surface area (Å²) in [7, 11) is 0. The highest BCUT2D eigenvalue weighted by Crippen LogP contribution is 2.26. The van der Waals surface area contributed by atoms with E-state index in [1.807, 2.05) is 6.20 Å². The number of anilines is 1. The Hall–Kier alpha value is -0.610. The van der Waals surface area contributed by atoms with Gasteiger partial charge in [0, 0.05) is 13.1 Å². The first-order chi connectivity index (χ1) is 5.90. The molecule has 0 bridgehead atoms. The van der Waals surface area contributed by atoms with Crippen LogP contribution in [-0.2, 0) is 6.61 Å². The lowest BCUT2D eigenvalue weighted by molar-refractivity contribution is 0.281. The van der Waals surface area contributed by atoms with E-state index in [1.165, 1.54) is 17.8 Å². The number of rotatable bonds is 2. The fraction of sp³-hybridized carbons (Fsp3) is 0.625. The van der Waals surface area contributed by atoms with Crippen LogP contribution in [0.25, 0.3) is 0 Å². The summed E-state index contributed by atoms with van der Waals surface area (Å²) in [4.78, 5) is 6.44. The Balaban J connectivity index is 2.11. The Labute approximate surface area is 75.7 Å². The van der Waals surface area contributed by atoms with E-state index in [1.54, 1.807) is 11.3 Å². The van der Waals surface area contributed by atoms with Gasteiger partial charge in [0.2, 0.25) is 0 Å². The third-order valence-corrected chi connectivity index (χ3v) is 3.14. The van der Waals surface area contributed by atoms with Gasteiger partial charge in [-0.2, -0.15) is 0 Å². The van der Waals surface area contributed by atoms with Crippen molar-refractivity contribution in [3.63, 3.8) is 0 Å². The van der Waals surface area contributed by atoms with Gasteiger partial charge >= 0.3 is 0 Å². The third kappa shape index (κ3) is 1.44. The van der Waals surface area contributed by atoms with Crippen LogP contribution in [0, 0.1) is 0 Å². The molecule has 0 atom stereocenters. The molecule has 3 nitrogen and oxygen atoms in total. The number of hydrogen-bond donors (Lipinski definition) is 1. The minimum absolute atomic E-state index is 0.0680. The Morgan fingerprint density at radius 1 is 1.50 bits per heavy atom. The molecule has 1 N–H and O–H groups in total. The van der Waals surface area contributed by atoms with Gasteiger partial charge in [0.1, 0.15) is 10.0 Å². The quantitative estimate of drug-likeness (QED) is 0.751. The maximum atomic E-state index is 8.82. The third-order valence-electron chi connectivity index (χ3n) is 2.09. The highest BCUT2D eigenvalue weighted by atomic mass is 32.1. The molecule has 2 heterocycles. The SMILES string of the molecule is OCc1ncc(N2CCCC2)s1. The van der Waals surface area contributed by atoms with E-state index >= 15 is 0 Å². The first-order valence-electron chi connectivity index (χ1n) is 4.20. The summed E-state index contributed by atoms with van der Waals surface area (Å²) in [6.07, 6.45) is 4.43. The van der Waals surface area contributed by atoms with E-state index in [-0.39, 0.29) is 6.61 Å². The molecular weight excluding hydrogens is 172 g/mol. The van der Waals surface area contributed by atoms with Crippen molar-refractivity contribution >= 4 is 16.3 Å². The molecule has 0 aromatic carbocycles. The van der Waals surface area contributed by atoms with Gasteiger partial charge in [-0.3, -0.25) is 0 Å². The molecule has 4 heteroatoms. The maximum absolute atomic E-state index is 8.82. The van der Waals surface area contributed by atoms with Crippen molar-refractivity contribution in [2.45, 2.75) is 19.4 Å². The number of thiazole rings is 1. The molecule has 66 valence electrons. The van der Waals surface area contributed by atoms with Gasteiger partial charge in [-0.15, -0.1) is 0 Å². The second-order valence-corrected chi connectivity index (χ2v) is 4.04. The zero-order chi connectivity index (χ0) is 8.39. The molecule has 1 aromatic rings. The second-order valence-electron chi connectivity index (χ2n) is 2.94. The molecule has 0 spiro atoms. The van der Waals surface area contributed by atoms with Crippen LogP contribution in [0.2, 0.25) is 0 Å². The number of aromatic nitrogens is 1. The predicted octanol–water partition coefficient (Wildman–Crippen LogP) is 1.24. The number of nitrogens with zero attached hydrogens (tertiary/aromatic N) is 2. The number of hydrogen-bond acceptors (Lipinski definition) is 4. The Kier molecular flexibility index (Phi) is 2.28. The van der Waals surface area contributed by atoms with Crippen LogP contribution >= 0.6 is 11.3 Å². The average molecular weight is 184 g/mol. The Bertz CT molecular complexity index is 255. The molecule has 1 fully saturated rings. The molecule has 0 aliphatic carbocycles. The number of aliphatic hydroxyl groups is 1. The highest BCUT2D eigenvalue weighted by molar-refractivity contribution is 7.15. The molecule has 1 saturated heterocycles. The molecule has 0 unspecified atom stereocenters. The average Bonchev–Trinajstić information content (AvgIpc) is 2.75. The van der Waals surface area contributed by atoms with Crippen molar-refractivity contribution in [1.29, 1.82) is 0 Å². The van der Waals surface area contributed by atoms with Crippen LogP contribution < -0.4 is 4.90 Å². The maximum Gasteiger partial charge on any atom is 0.120 e. The minimum Gasteiger partial charge on any atom is -0.389 e. The summed E-state index contributed by atoms with van der Waals surface area (Å²) in [5.74, 6) is 0. The lowest BCUT2D eigenvalue weighted by atomic mass is 10.4. The van der Waals surface area contributed by atoms with Gasteiger partial charge < -0.3 is 10.0 Å². The van der Waals surface area contributed by atoms with Gasteiger partial charge in [0.05, 0.1) is 12.8 Å². The molecule has 1 aromatic heterocycles. The predicted molar refractivity (Wildman–Crippen MR) is 49.5 cm³/mol. The first-order valence-corrected chi connectivity index (χ1v) is 5.02. The topological polar surface area (TPSA) is 36.4 Å². The van der Waals surface area contributed by atoms with Gasteiger partial charge in [-0.25, -0.2) is 4.98 Å². The molecule has 0 amide bonds. The van der Waals surface area contributed by atoms with Crippen LogP contribution in [0.1, 0.15) is 17.8 Å². The van der Waals surface area contributed by atoms with Crippen molar-refractivity contribution in [3.05, 3.63) is 11.2 Å². The summed E-state index contributed by atoms with van der Waals surface area (Å²) in [5, 5.41) is 10.8. The molecule has 2 rings (SSSR count). The fourth-order valence-electron chi connectivity index (χ4n) is 1.46. The zero-order valence-corrected chi connectivity index (χ0v) is 7.68. The number of aliphatic hydroxyl groups excluding tert-OH is 1. The lowest BCUT2D eigenvalue weighted by Crippen LogP contribution is -2.15. The smallest absolute Gasteiger partial charge is 0.120 e. The van der Waals surface area contributed by atoms with E-state index in [2.05, 4.69) is 9.88 Å². The monoisotopic (exact) mass is 184 g/mol. The van der Waals surface area contributed by atoms with E-state index < -0.39 is 0 Å². The van der Waals surface area contributed by atoms with Crippen molar-refractivity contribution in [2.75, 3.05) is 18.0 Å². The minimum atomic E-state index is 0.0680. The standard InChI is InChI=1S/C8H12N2OS/c11-6-7-9-5-8(12-7)10-3-1-2-4-10/h5,11H,1-4,6H2. The van der Waals surface area contributed by atoms with Crippen LogP contribution in [0.4, 0.5) is 5.00 Å². The van der Waals surface area contributed by atoms with E-state index in [4.69, 9.17) is 5.11 Å². The normalized spacial score (nSPS) is 17.2. The summed E-state index contributed by atoms with van der Waals surface area (Å²) in [6.45, 7) is 2.36. The zero-order valence-electron chi connectivity index (χ0n) is 6.86. The second kappa shape index (κ2) is 3.41. The molecule has 0 saturated carbocycles. The van der Waals surface area contributed by atoms with E-state index in [9.17, 15) is 0 Å². The molecule has 12 heavy (non-hydrogen) atoms. The largest absolute Gasteiger partial charge is 0.389 e. The van der Waals surface area contributed by atoms with Crippen LogP contribution in [-0.4, -0.2) is 23.2 Å². The van der Waals surface area contributed by atoms with Crippen molar-refractivity contribution in [2.24, 2.45) is 0 Å². The van der Waals surface area contributed by atoms with E-state index in [0.29, 0.717) is 0 Å². The lowest BCUT2D eigenvalue weighted by Gasteiger charge is -2.12. The summed E-state index contributed by atoms with van der Waals surface area (Å²) in [6, 6.07) is 0. The van der Waals surface area contributed by atoms with Crippen molar-refractivity contribution < 1.29 is 5.11 Å². The molecule has 1 aliphatic heterocycles. The van der Waals surface area contributed by atoms with Gasteiger partial charge in [-0.1, -0.05) is 11.3 Å². The van der Waals surface area contributed by atoms with Crippen LogP contribution in [0.3, 0.4) is 0 Å². The fourth-order valence-corrected chi connectivity index (χ4v) is 2.29. The van der Waals surface area contributed by atoms with Gasteiger partial charge in [0.15, 0.2) is 0 Å². The van der Waals surface area contributed by atoms with Crippen LogP contribution in [0.15, 0.2) is 6.20 Å².